The maximum atomic E-state index is 14.0. The van der Waals surface area contributed by atoms with Gasteiger partial charge in [0.15, 0.2) is 11.5 Å². The van der Waals surface area contributed by atoms with Crippen molar-refractivity contribution >= 4 is 18.0 Å². The molecule has 0 spiro atoms. The van der Waals surface area contributed by atoms with Crippen LogP contribution in [0.25, 0.3) is 0 Å². The standard InChI is InChI=1S/C24H32N2O9/c1-13(2)11-34-22(29)25-16-8-9-24(33-7,26(25)23(30)35-12-14(3)4)21(28)18-15(16)10-17(31-5)20(32-6)19(18)27/h8-10,13-14,16,27H,11-12H2,1-7H3/t16-,24-/m1/s1. The number of methoxy groups -OCH3 is 3. The lowest BCUT2D eigenvalue weighted by atomic mass is 9.95. The third-order valence-corrected chi connectivity index (χ3v) is 5.60. The van der Waals surface area contributed by atoms with Gasteiger partial charge in [-0.3, -0.25) is 4.79 Å². The summed E-state index contributed by atoms with van der Waals surface area (Å²) < 4.78 is 27.1. The van der Waals surface area contributed by atoms with Crippen molar-refractivity contribution in [1.29, 1.82) is 0 Å². The van der Waals surface area contributed by atoms with Crippen LogP contribution in [0.3, 0.4) is 0 Å². The fraction of sp³-hybridized carbons (Fsp3) is 0.542. The molecule has 35 heavy (non-hydrogen) atoms. The van der Waals surface area contributed by atoms with Crippen molar-refractivity contribution in [1.82, 2.24) is 10.0 Å². The minimum Gasteiger partial charge on any atom is -0.504 e. The molecule has 2 amide bonds. The number of phenols is 1. The molecule has 0 saturated heterocycles. The number of ether oxygens (including phenoxy) is 5. The van der Waals surface area contributed by atoms with Crippen molar-refractivity contribution in [2.45, 2.75) is 39.5 Å². The Kier molecular flexibility index (Phi) is 7.49. The van der Waals surface area contributed by atoms with Crippen LogP contribution in [0.1, 0.15) is 49.7 Å². The molecule has 0 unspecified atom stereocenters. The fourth-order valence-electron chi connectivity index (χ4n) is 3.98. The molecule has 11 heteroatoms. The molecule has 2 aliphatic heterocycles. The number of hydrogen-bond donors (Lipinski definition) is 1. The van der Waals surface area contributed by atoms with E-state index in [1.54, 1.807) is 0 Å². The second kappa shape index (κ2) is 10.0. The SMILES string of the molecule is COc1cc2c(c(O)c1OC)C(=O)[C@]1(OC)C=C[C@H]2N(C(=O)OCC(C)C)N1C(=O)OCC(C)C. The van der Waals surface area contributed by atoms with E-state index in [2.05, 4.69) is 0 Å². The zero-order chi connectivity index (χ0) is 26.1. The minimum atomic E-state index is -2.14. The van der Waals surface area contributed by atoms with Crippen LogP contribution in [0.5, 0.6) is 17.2 Å². The van der Waals surface area contributed by atoms with Crippen molar-refractivity contribution < 1.29 is 43.2 Å². The normalized spacial score (nSPS) is 20.7. The molecule has 0 fully saturated rings. The highest BCUT2D eigenvalue weighted by Gasteiger charge is 2.59. The van der Waals surface area contributed by atoms with Crippen molar-refractivity contribution in [2.75, 3.05) is 34.5 Å². The molecule has 2 heterocycles. The number of hydrogen-bond acceptors (Lipinski definition) is 9. The molecular weight excluding hydrogens is 460 g/mol. The van der Waals surface area contributed by atoms with Gasteiger partial charge in [-0.2, -0.15) is 10.0 Å². The highest BCUT2D eigenvalue weighted by Crippen LogP contribution is 2.51. The van der Waals surface area contributed by atoms with Gasteiger partial charge in [0, 0.05) is 7.11 Å². The molecule has 1 aromatic carbocycles. The lowest BCUT2D eigenvalue weighted by Crippen LogP contribution is -2.66. The summed E-state index contributed by atoms with van der Waals surface area (Å²) in [5.41, 5.74) is -2.12. The van der Waals surface area contributed by atoms with Gasteiger partial charge in [0.25, 0.3) is 0 Å². The third kappa shape index (κ3) is 4.36. The average molecular weight is 493 g/mol. The summed E-state index contributed by atoms with van der Waals surface area (Å²) in [6.45, 7) is 7.52. The summed E-state index contributed by atoms with van der Waals surface area (Å²) in [6.07, 6.45) is 1.00. The highest BCUT2D eigenvalue weighted by atomic mass is 16.6. The van der Waals surface area contributed by atoms with Gasteiger partial charge < -0.3 is 28.8 Å². The van der Waals surface area contributed by atoms with Crippen LogP contribution in [0.2, 0.25) is 0 Å². The second-order valence-electron chi connectivity index (χ2n) is 9.06. The van der Waals surface area contributed by atoms with Gasteiger partial charge in [-0.25, -0.2) is 9.59 Å². The van der Waals surface area contributed by atoms with Gasteiger partial charge in [0.1, 0.15) is 6.04 Å². The van der Waals surface area contributed by atoms with Crippen molar-refractivity contribution in [2.24, 2.45) is 11.8 Å². The summed E-state index contributed by atoms with van der Waals surface area (Å²) >= 11 is 0. The smallest absolute Gasteiger partial charge is 0.432 e. The molecule has 2 bridgehead atoms. The van der Waals surface area contributed by atoms with E-state index in [4.69, 9.17) is 23.7 Å². The molecule has 2 atom stereocenters. The van der Waals surface area contributed by atoms with E-state index < -0.39 is 35.5 Å². The number of Topliss-reactive ketones (excluding diaryl/α,β-unsaturated/α-hetero) is 1. The molecule has 4 rings (SSSR count). The summed E-state index contributed by atoms with van der Waals surface area (Å²) in [6, 6.07) is 0.440. The lowest BCUT2D eigenvalue weighted by Gasteiger charge is -2.46. The monoisotopic (exact) mass is 492 g/mol. The van der Waals surface area contributed by atoms with Gasteiger partial charge in [-0.15, -0.1) is 0 Å². The topological polar surface area (TPSA) is 124 Å². The Hall–Kier alpha value is -3.47. The number of fused-ring (bicyclic) bond motifs is 1. The van der Waals surface area contributed by atoms with Crippen LogP contribution in [-0.2, 0) is 14.2 Å². The van der Waals surface area contributed by atoms with Crippen LogP contribution in [0.15, 0.2) is 18.2 Å². The Balaban J connectivity index is 2.28. The predicted octanol–water partition coefficient (Wildman–Crippen LogP) is 3.66. The number of aromatic hydroxyl groups is 1. The number of hydrazine groups is 1. The Morgan fingerprint density at radius 2 is 1.63 bits per heavy atom. The van der Waals surface area contributed by atoms with Crippen molar-refractivity contribution in [3.05, 3.63) is 29.3 Å². The van der Waals surface area contributed by atoms with E-state index in [0.29, 0.717) is 0 Å². The molecule has 1 N–H and O–H groups in total. The minimum absolute atomic E-state index is 0.0102. The Labute approximate surface area is 204 Å². The first kappa shape index (κ1) is 26.1. The largest absolute Gasteiger partial charge is 0.504 e. The Morgan fingerprint density at radius 3 is 2.14 bits per heavy atom. The molecule has 3 aliphatic rings. The summed E-state index contributed by atoms with van der Waals surface area (Å²) in [4.78, 5) is 40.7. The first-order chi connectivity index (χ1) is 16.5. The number of carbonyl (C=O) groups is 3. The number of ketones is 1. The van der Waals surface area contributed by atoms with Crippen LogP contribution in [-0.4, -0.2) is 73.4 Å². The van der Waals surface area contributed by atoms with E-state index in [0.717, 1.165) is 10.0 Å². The fourth-order valence-corrected chi connectivity index (χ4v) is 3.98. The van der Waals surface area contributed by atoms with E-state index >= 15 is 0 Å². The molecule has 1 aromatic rings. The first-order valence-corrected chi connectivity index (χ1v) is 11.2. The first-order valence-electron chi connectivity index (χ1n) is 11.2. The number of amides is 2. The molecule has 0 aromatic heterocycles. The van der Waals surface area contributed by atoms with Gasteiger partial charge in [0.05, 0.1) is 33.0 Å². The van der Waals surface area contributed by atoms with E-state index in [9.17, 15) is 19.5 Å². The zero-order valence-electron chi connectivity index (χ0n) is 21.0. The van der Waals surface area contributed by atoms with Crippen molar-refractivity contribution in [3.63, 3.8) is 0 Å². The van der Waals surface area contributed by atoms with E-state index in [-0.39, 0.29) is 47.7 Å². The Morgan fingerprint density at radius 1 is 1.03 bits per heavy atom. The van der Waals surface area contributed by atoms with Crippen LogP contribution in [0.4, 0.5) is 9.59 Å². The highest BCUT2D eigenvalue weighted by molar-refractivity contribution is 6.10. The number of benzene rings is 1. The van der Waals surface area contributed by atoms with Gasteiger partial charge in [0.2, 0.25) is 17.3 Å². The predicted molar refractivity (Wildman–Crippen MR) is 123 cm³/mol. The Bertz CT molecular complexity index is 1040. The number of carbonyl (C=O) groups excluding carboxylic acids is 3. The maximum absolute atomic E-state index is 14.0. The van der Waals surface area contributed by atoms with Crippen LogP contribution in [0, 0.1) is 11.8 Å². The second-order valence-corrected chi connectivity index (χ2v) is 9.06. The lowest BCUT2D eigenvalue weighted by molar-refractivity contribution is -0.160. The summed E-state index contributed by atoms with van der Waals surface area (Å²) in [5, 5.41) is 12.8. The number of nitrogens with zero attached hydrogens (tertiary/aromatic N) is 2. The third-order valence-electron chi connectivity index (χ3n) is 5.60. The van der Waals surface area contributed by atoms with E-state index in [1.807, 2.05) is 27.7 Å². The summed E-state index contributed by atoms with van der Waals surface area (Å²) in [5.74, 6) is -1.24. The molecule has 0 saturated carbocycles. The number of rotatable bonds is 7. The van der Waals surface area contributed by atoms with Gasteiger partial charge >= 0.3 is 12.2 Å². The molecule has 1 aliphatic carbocycles. The average Bonchev–Trinajstić information content (AvgIpc) is 3.00. The van der Waals surface area contributed by atoms with E-state index in [1.165, 1.54) is 39.5 Å². The number of phenolic OH excluding ortho intramolecular Hbond substituents is 1. The van der Waals surface area contributed by atoms with Crippen LogP contribution >= 0.6 is 0 Å². The molecule has 0 radical (unpaired) electrons. The van der Waals surface area contributed by atoms with Gasteiger partial charge in [-0.1, -0.05) is 33.8 Å². The summed E-state index contributed by atoms with van der Waals surface area (Å²) in [7, 11) is 3.90. The maximum Gasteiger partial charge on any atom is 0.432 e. The van der Waals surface area contributed by atoms with Crippen molar-refractivity contribution in [3.8, 4) is 17.2 Å². The quantitative estimate of drug-likeness (QED) is 0.568. The van der Waals surface area contributed by atoms with Crippen LogP contribution < -0.4 is 9.47 Å². The van der Waals surface area contributed by atoms with Gasteiger partial charge in [-0.05, 0) is 29.5 Å². The zero-order valence-corrected chi connectivity index (χ0v) is 21.0. The molecule has 11 nitrogen and oxygen atoms in total. The molecular formula is C24H32N2O9. The molecule has 192 valence electrons.